The molecule has 0 aromatic heterocycles. The lowest BCUT2D eigenvalue weighted by atomic mass is 10.1. The van der Waals surface area contributed by atoms with Gasteiger partial charge in [-0.25, -0.2) is 0 Å². The maximum Gasteiger partial charge on any atom is 0.260 e. The summed E-state index contributed by atoms with van der Waals surface area (Å²) in [6, 6.07) is 4.63. The molecule has 1 aromatic carbocycles. The summed E-state index contributed by atoms with van der Waals surface area (Å²) >= 11 is 0. The molecule has 1 amide bonds. The van der Waals surface area contributed by atoms with Crippen LogP contribution in [0.5, 0.6) is 11.5 Å². The summed E-state index contributed by atoms with van der Waals surface area (Å²) in [5, 5.41) is 21.6. The molecule has 1 aliphatic rings. The molecule has 1 aliphatic heterocycles. The predicted molar refractivity (Wildman–Crippen MR) is 78.0 cm³/mol. The van der Waals surface area contributed by atoms with Crippen molar-refractivity contribution in [3.05, 3.63) is 23.8 Å². The number of phenols is 1. The standard InChI is InChI=1S/C15H20N2O4/c1-11(16-20)13-6-5-12(9-14(13)18)21-10-15(19)17-7-3-2-4-8-17/h5-6,9,18,20H,2-4,7-8,10H2,1H3. The first-order valence-electron chi connectivity index (χ1n) is 7.04. The average molecular weight is 292 g/mol. The number of ether oxygens (including phenoxy) is 1. The number of carbonyl (C=O) groups is 1. The number of aromatic hydroxyl groups is 1. The van der Waals surface area contributed by atoms with Gasteiger partial charge in [-0.1, -0.05) is 5.16 Å². The van der Waals surface area contributed by atoms with Gasteiger partial charge in [0.2, 0.25) is 0 Å². The maximum atomic E-state index is 12.0. The SMILES string of the molecule is CC(=NO)c1ccc(OCC(=O)N2CCCCC2)cc1O. The number of carbonyl (C=O) groups excluding carboxylic acids is 1. The number of phenolic OH excluding ortho intramolecular Hbond substituents is 1. The predicted octanol–water partition coefficient (Wildman–Crippen LogP) is 1.98. The van der Waals surface area contributed by atoms with Crippen LogP contribution in [-0.2, 0) is 4.79 Å². The van der Waals surface area contributed by atoms with Crippen LogP contribution in [0, 0.1) is 0 Å². The van der Waals surface area contributed by atoms with E-state index in [0.29, 0.717) is 17.0 Å². The summed E-state index contributed by atoms with van der Waals surface area (Å²) in [5.41, 5.74) is 0.732. The van der Waals surface area contributed by atoms with Crippen molar-refractivity contribution in [1.29, 1.82) is 0 Å². The van der Waals surface area contributed by atoms with Crippen molar-refractivity contribution in [3.63, 3.8) is 0 Å². The van der Waals surface area contributed by atoms with E-state index in [0.717, 1.165) is 25.9 Å². The minimum Gasteiger partial charge on any atom is -0.507 e. The monoisotopic (exact) mass is 292 g/mol. The van der Waals surface area contributed by atoms with Gasteiger partial charge in [0, 0.05) is 24.7 Å². The summed E-state index contributed by atoms with van der Waals surface area (Å²) in [6.07, 6.45) is 3.26. The zero-order valence-corrected chi connectivity index (χ0v) is 12.1. The van der Waals surface area contributed by atoms with Crippen LogP contribution in [0.2, 0.25) is 0 Å². The maximum absolute atomic E-state index is 12.0. The lowest BCUT2D eigenvalue weighted by Crippen LogP contribution is -2.38. The number of piperidine rings is 1. The highest BCUT2D eigenvalue weighted by Gasteiger charge is 2.17. The third-order valence-electron chi connectivity index (χ3n) is 3.58. The smallest absolute Gasteiger partial charge is 0.260 e. The molecule has 0 spiro atoms. The quantitative estimate of drug-likeness (QED) is 0.505. The van der Waals surface area contributed by atoms with E-state index in [2.05, 4.69) is 5.16 Å². The zero-order valence-electron chi connectivity index (χ0n) is 12.1. The van der Waals surface area contributed by atoms with Crippen LogP contribution in [0.3, 0.4) is 0 Å². The van der Waals surface area contributed by atoms with Crippen molar-refractivity contribution in [1.82, 2.24) is 4.90 Å². The topological polar surface area (TPSA) is 82.4 Å². The van der Waals surface area contributed by atoms with E-state index >= 15 is 0 Å². The Morgan fingerprint density at radius 1 is 1.33 bits per heavy atom. The fourth-order valence-corrected chi connectivity index (χ4v) is 2.34. The Morgan fingerprint density at radius 3 is 2.67 bits per heavy atom. The number of hydrogen-bond acceptors (Lipinski definition) is 5. The Hall–Kier alpha value is -2.24. The van der Waals surface area contributed by atoms with Crippen LogP contribution in [-0.4, -0.2) is 46.5 Å². The summed E-state index contributed by atoms with van der Waals surface area (Å²) in [6.45, 7) is 3.12. The van der Waals surface area contributed by atoms with Gasteiger partial charge < -0.3 is 20.0 Å². The fourth-order valence-electron chi connectivity index (χ4n) is 2.34. The molecule has 0 bridgehead atoms. The molecular weight excluding hydrogens is 272 g/mol. The van der Waals surface area contributed by atoms with Gasteiger partial charge in [-0.3, -0.25) is 4.79 Å². The van der Waals surface area contributed by atoms with Gasteiger partial charge in [0.15, 0.2) is 6.61 Å². The van der Waals surface area contributed by atoms with Crippen molar-refractivity contribution in [3.8, 4) is 11.5 Å². The third kappa shape index (κ3) is 3.87. The molecule has 2 N–H and O–H groups in total. The van der Waals surface area contributed by atoms with Gasteiger partial charge in [0.05, 0.1) is 5.71 Å². The van der Waals surface area contributed by atoms with E-state index in [9.17, 15) is 9.90 Å². The highest BCUT2D eigenvalue weighted by Crippen LogP contribution is 2.24. The van der Waals surface area contributed by atoms with Gasteiger partial charge in [-0.05, 0) is 38.3 Å². The molecule has 1 aromatic rings. The first-order chi connectivity index (χ1) is 10.1. The van der Waals surface area contributed by atoms with Crippen molar-refractivity contribution < 1.29 is 19.8 Å². The number of hydrogen-bond donors (Lipinski definition) is 2. The van der Waals surface area contributed by atoms with Crippen LogP contribution in [0.1, 0.15) is 31.7 Å². The van der Waals surface area contributed by atoms with Crippen LogP contribution >= 0.6 is 0 Å². The van der Waals surface area contributed by atoms with E-state index in [1.54, 1.807) is 24.0 Å². The van der Waals surface area contributed by atoms with Crippen molar-refractivity contribution >= 4 is 11.6 Å². The molecule has 1 saturated heterocycles. The molecule has 1 fully saturated rings. The van der Waals surface area contributed by atoms with Crippen LogP contribution < -0.4 is 4.74 Å². The van der Waals surface area contributed by atoms with Crippen molar-refractivity contribution in [2.45, 2.75) is 26.2 Å². The molecule has 6 heteroatoms. The molecule has 0 unspecified atom stereocenters. The van der Waals surface area contributed by atoms with Gasteiger partial charge in [0.1, 0.15) is 11.5 Å². The molecule has 114 valence electrons. The Bertz CT molecular complexity index is 536. The second-order valence-electron chi connectivity index (χ2n) is 5.09. The number of oxime groups is 1. The third-order valence-corrected chi connectivity index (χ3v) is 3.58. The molecular formula is C15H20N2O4. The molecule has 0 aliphatic carbocycles. The first-order valence-corrected chi connectivity index (χ1v) is 7.04. The van der Waals surface area contributed by atoms with Crippen LogP contribution in [0.15, 0.2) is 23.4 Å². The molecule has 1 heterocycles. The second kappa shape index (κ2) is 6.97. The van der Waals surface area contributed by atoms with Crippen LogP contribution in [0.4, 0.5) is 0 Å². The van der Waals surface area contributed by atoms with Crippen molar-refractivity contribution in [2.75, 3.05) is 19.7 Å². The number of benzene rings is 1. The van der Waals surface area contributed by atoms with E-state index < -0.39 is 0 Å². The Morgan fingerprint density at radius 2 is 2.05 bits per heavy atom. The van der Waals surface area contributed by atoms with Gasteiger partial charge in [-0.15, -0.1) is 0 Å². The first kappa shape index (κ1) is 15.2. The highest BCUT2D eigenvalue weighted by molar-refractivity contribution is 6.00. The van der Waals surface area contributed by atoms with E-state index in [1.165, 1.54) is 12.5 Å². The Balaban J connectivity index is 1.94. The largest absolute Gasteiger partial charge is 0.507 e. The molecule has 0 saturated carbocycles. The lowest BCUT2D eigenvalue weighted by molar-refractivity contribution is -0.134. The number of rotatable bonds is 4. The van der Waals surface area contributed by atoms with Gasteiger partial charge in [-0.2, -0.15) is 0 Å². The Labute approximate surface area is 123 Å². The second-order valence-corrected chi connectivity index (χ2v) is 5.09. The molecule has 0 radical (unpaired) electrons. The normalized spacial score (nSPS) is 15.9. The number of likely N-dealkylation sites (tertiary alicyclic amines) is 1. The van der Waals surface area contributed by atoms with Crippen LogP contribution in [0.25, 0.3) is 0 Å². The Kier molecular flexibility index (Phi) is 5.03. The van der Waals surface area contributed by atoms with E-state index in [4.69, 9.17) is 9.94 Å². The van der Waals surface area contributed by atoms with E-state index in [1.807, 2.05) is 0 Å². The minimum atomic E-state index is -0.0479. The molecule has 6 nitrogen and oxygen atoms in total. The van der Waals surface area contributed by atoms with Crippen molar-refractivity contribution in [2.24, 2.45) is 5.16 Å². The van der Waals surface area contributed by atoms with E-state index in [-0.39, 0.29) is 18.3 Å². The summed E-state index contributed by atoms with van der Waals surface area (Å²) in [4.78, 5) is 13.8. The number of amides is 1. The summed E-state index contributed by atoms with van der Waals surface area (Å²) in [5.74, 6) is 0.326. The fraction of sp³-hybridized carbons (Fsp3) is 0.467. The molecule has 0 atom stereocenters. The van der Waals surface area contributed by atoms with Gasteiger partial charge in [0.25, 0.3) is 5.91 Å². The molecule has 21 heavy (non-hydrogen) atoms. The minimum absolute atomic E-state index is 0.0358. The van der Waals surface area contributed by atoms with Gasteiger partial charge >= 0.3 is 0 Å². The summed E-state index contributed by atoms with van der Waals surface area (Å²) < 4.78 is 5.42. The zero-order chi connectivity index (χ0) is 15.2. The molecule has 2 rings (SSSR count). The lowest BCUT2D eigenvalue weighted by Gasteiger charge is -2.26. The average Bonchev–Trinajstić information content (AvgIpc) is 2.52. The number of nitrogens with zero attached hydrogens (tertiary/aromatic N) is 2. The summed E-state index contributed by atoms with van der Waals surface area (Å²) in [7, 11) is 0. The highest BCUT2D eigenvalue weighted by atomic mass is 16.5.